The molecule has 0 radical (unpaired) electrons. The van der Waals surface area contributed by atoms with Crippen LogP contribution < -0.4 is 10.5 Å². The highest BCUT2D eigenvalue weighted by atomic mass is 35.5. The quantitative estimate of drug-likeness (QED) is 0.865. The van der Waals surface area contributed by atoms with Gasteiger partial charge < -0.3 is 10.5 Å². The normalized spacial score (nSPS) is 11.6. The Kier molecular flexibility index (Phi) is 4.56. The molecule has 2 N–H and O–H groups in total. The minimum absolute atomic E-state index is 0.00225. The van der Waals surface area contributed by atoms with E-state index >= 15 is 0 Å². The summed E-state index contributed by atoms with van der Waals surface area (Å²) in [6.07, 6.45) is 0.758. The highest BCUT2D eigenvalue weighted by Gasteiger charge is 2.16. The van der Waals surface area contributed by atoms with E-state index in [1.54, 1.807) is 12.1 Å². The van der Waals surface area contributed by atoms with Crippen LogP contribution in [0.15, 0.2) is 18.2 Å². The van der Waals surface area contributed by atoms with Gasteiger partial charge in [-0.15, -0.1) is 0 Å². The second kappa shape index (κ2) is 5.51. The number of nitrogens with two attached hydrogens (primary N) is 1. The molecule has 0 saturated heterocycles. The van der Waals surface area contributed by atoms with Crippen molar-refractivity contribution < 1.29 is 9.13 Å². The summed E-state index contributed by atoms with van der Waals surface area (Å²) in [4.78, 5) is 0. The van der Waals surface area contributed by atoms with Crippen LogP contribution in [0, 0.1) is 11.2 Å². The third-order valence-electron chi connectivity index (χ3n) is 2.50. The number of hydrogen-bond donors (Lipinski definition) is 1. The fourth-order valence-corrected chi connectivity index (χ4v) is 1.37. The van der Waals surface area contributed by atoms with Crippen LogP contribution in [-0.2, 0) is 0 Å². The first-order valence-corrected chi connectivity index (χ1v) is 5.61. The fourth-order valence-electron chi connectivity index (χ4n) is 1.15. The molecule has 0 saturated carbocycles. The van der Waals surface area contributed by atoms with Gasteiger partial charge in [0.15, 0.2) is 11.6 Å². The minimum Gasteiger partial charge on any atom is -0.489 e. The molecular formula is C12H17ClFNO. The van der Waals surface area contributed by atoms with Gasteiger partial charge in [0.25, 0.3) is 0 Å². The smallest absolute Gasteiger partial charge is 0.173 e. The molecule has 4 heteroatoms. The van der Waals surface area contributed by atoms with Crippen LogP contribution in [-0.4, -0.2) is 13.2 Å². The molecule has 0 aliphatic heterocycles. The van der Waals surface area contributed by atoms with Crippen molar-refractivity contribution in [3.8, 4) is 5.75 Å². The van der Waals surface area contributed by atoms with E-state index in [4.69, 9.17) is 22.1 Å². The molecule has 0 aliphatic rings. The lowest BCUT2D eigenvalue weighted by atomic mass is 9.90. The molecule has 1 aromatic rings. The molecule has 1 aromatic carbocycles. The second-order valence-corrected chi connectivity index (χ2v) is 4.92. The third-order valence-corrected chi connectivity index (χ3v) is 2.79. The first kappa shape index (κ1) is 13.3. The highest BCUT2D eigenvalue weighted by Crippen LogP contribution is 2.28. The van der Waals surface area contributed by atoms with E-state index in [2.05, 4.69) is 0 Å². The molecule has 0 heterocycles. The van der Waals surface area contributed by atoms with Gasteiger partial charge in [-0.25, -0.2) is 4.39 Å². The Balaban J connectivity index is 2.56. The molecule has 0 amide bonds. The summed E-state index contributed by atoms with van der Waals surface area (Å²) < 4.78 is 18.7. The van der Waals surface area contributed by atoms with Gasteiger partial charge in [0.05, 0.1) is 11.6 Å². The molecular weight excluding hydrogens is 229 g/mol. The zero-order valence-electron chi connectivity index (χ0n) is 9.59. The van der Waals surface area contributed by atoms with E-state index < -0.39 is 5.82 Å². The van der Waals surface area contributed by atoms with Crippen LogP contribution in [0.4, 0.5) is 4.39 Å². The van der Waals surface area contributed by atoms with Crippen molar-refractivity contribution in [1.29, 1.82) is 0 Å². The summed E-state index contributed by atoms with van der Waals surface area (Å²) in [6, 6.07) is 4.48. The van der Waals surface area contributed by atoms with Crippen molar-refractivity contribution in [2.45, 2.75) is 20.3 Å². The van der Waals surface area contributed by atoms with Crippen LogP contribution in [0.25, 0.3) is 0 Å². The fraction of sp³-hybridized carbons (Fsp3) is 0.500. The molecule has 90 valence electrons. The Morgan fingerprint density at radius 1 is 1.44 bits per heavy atom. The Hall–Kier alpha value is -0.800. The lowest BCUT2D eigenvalue weighted by molar-refractivity contribution is 0.227. The maximum atomic E-state index is 13.3. The largest absolute Gasteiger partial charge is 0.489 e. The number of ether oxygens (including phenoxy) is 1. The summed E-state index contributed by atoms with van der Waals surface area (Å²) in [6.45, 7) is 5.06. The highest BCUT2D eigenvalue weighted by molar-refractivity contribution is 6.32. The van der Waals surface area contributed by atoms with Gasteiger partial charge in [-0.2, -0.15) is 0 Å². The molecule has 0 aliphatic carbocycles. The number of rotatable bonds is 5. The lowest BCUT2D eigenvalue weighted by Crippen LogP contribution is -2.25. The van der Waals surface area contributed by atoms with Gasteiger partial charge in [-0.3, -0.25) is 0 Å². The molecule has 0 atom stereocenters. The minimum atomic E-state index is -0.432. The van der Waals surface area contributed by atoms with E-state index in [1.165, 1.54) is 6.07 Å². The number of hydrogen-bond acceptors (Lipinski definition) is 2. The Bertz CT molecular complexity index is 335. The molecule has 2 nitrogen and oxygen atoms in total. The summed E-state index contributed by atoms with van der Waals surface area (Å²) >= 11 is 5.82. The summed E-state index contributed by atoms with van der Waals surface area (Å²) in [5, 5.41) is 0.297. The Labute approximate surface area is 101 Å². The molecule has 16 heavy (non-hydrogen) atoms. The van der Waals surface area contributed by atoms with E-state index in [1.807, 2.05) is 13.8 Å². The first-order valence-electron chi connectivity index (χ1n) is 5.23. The van der Waals surface area contributed by atoms with Crippen LogP contribution in [0.1, 0.15) is 20.3 Å². The van der Waals surface area contributed by atoms with E-state index in [-0.39, 0.29) is 11.2 Å². The average Bonchev–Trinajstić information content (AvgIpc) is 2.22. The maximum Gasteiger partial charge on any atom is 0.173 e. The summed E-state index contributed by atoms with van der Waals surface area (Å²) in [7, 11) is 0. The molecule has 0 unspecified atom stereocenters. The first-order chi connectivity index (χ1) is 7.46. The summed E-state index contributed by atoms with van der Waals surface area (Å²) in [5.41, 5.74) is 5.59. The number of halogens is 2. The average molecular weight is 246 g/mol. The van der Waals surface area contributed by atoms with Gasteiger partial charge >= 0.3 is 0 Å². The van der Waals surface area contributed by atoms with Gasteiger partial charge in [-0.1, -0.05) is 31.5 Å². The molecule has 0 aromatic heterocycles. The Morgan fingerprint density at radius 2 is 2.12 bits per heavy atom. The predicted octanol–water partition coefficient (Wildman–Crippen LogP) is 3.23. The number of benzene rings is 1. The maximum absolute atomic E-state index is 13.3. The molecule has 0 bridgehead atoms. The van der Waals surface area contributed by atoms with E-state index in [9.17, 15) is 4.39 Å². The molecule has 0 spiro atoms. The zero-order chi connectivity index (χ0) is 12.2. The van der Waals surface area contributed by atoms with Crippen LogP contribution >= 0.6 is 11.6 Å². The van der Waals surface area contributed by atoms with Crippen molar-refractivity contribution in [2.75, 3.05) is 13.2 Å². The van der Waals surface area contributed by atoms with Gasteiger partial charge in [0.2, 0.25) is 0 Å². The monoisotopic (exact) mass is 245 g/mol. The summed E-state index contributed by atoms with van der Waals surface area (Å²) in [5.74, 6) is -0.310. The van der Waals surface area contributed by atoms with Crippen LogP contribution in [0.2, 0.25) is 5.02 Å². The van der Waals surface area contributed by atoms with Crippen molar-refractivity contribution >= 4 is 11.6 Å². The van der Waals surface area contributed by atoms with Crippen molar-refractivity contribution in [3.05, 3.63) is 29.0 Å². The van der Waals surface area contributed by atoms with Gasteiger partial charge in [-0.05, 0) is 30.5 Å². The second-order valence-electron chi connectivity index (χ2n) is 4.52. The topological polar surface area (TPSA) is 35.2 Å². The predicted molar refractivity (Wildman–Crippen MR) is 64.4 cm³/mol. The van der Waals surface area contributed by atoms with Crippen LogP contribution in [0.5, 0.6) is 5.75 Å². The standard InChI is InChI=1S/C12H17ClFNO/c1-12(2,8-15)6-7-16-11-9(13)4-3-5-10(11)14/h3-5H,6-8,15H2,1-2H3. The molecule has 1 rings (SSSR count). The van der Waals surface area contributed by atoms with Gasteiger partial charge in [0.1, 0.15) is 0 Å². The third kappa shape index (κ3) is 3.65. The lowest BCUT2D eigenvalue weighted by Gasteiger charge is -2.22. The van der Waals surface area contributed by atoms with E-state index in [0.29, 0.717) is 18.2 Å². The molecule has 0 fully saturated rings. The van der Waals surface area contributed by atoms with Crippen molar-refractivity contribution in [3.63, 3.8) is 0 Å². The zero-order valence-corrected chi connectivity index (χ0v) is 10.4. The van der Waals surface area contributed by atoms with Crippen molar-refractivity contribution in [2.24, 2.45) is 11.1 Å². The van der Waals surface area contributed by atoms with E-state index in [0.717, 1.165) is 6.42 Å². The van der Waals surface area contributed by atoms with Gasteiger partial charge in [0, 0.05) is 0 Å². The Morgan fingerprint density at radius 3 is 2.69 bits per heavy atom. The van der Waals surface area contributed by atoms with Crippen LogP contribution in [0.3, 0.4) is 0 Å². The number of para-hydroxylation sites is 1. The SMILES string of the molecule is CC(C)(CN)CCOc1c(F)cccc1Cl. The van der Waals surface area contributed by atoms with Crippen molar-refractivity contribution in [1.82, 2.24) is 0 Å².